The maximum atomic E-state index is 12.6. The summed E-state index contributed by atoms with van der Waals surface area (Å²) in [5.74, 6) is 1.86. The number of aryl methyl sites for hydroxylation is 1. The first-order chi connectivity index (χ1) is 16.5. The zero-order valence-electron chi connectivity index (χ0n) is 19.5. The van der Waals surface area contributed by atoms with Crippen LogP contribution >= 0.6 is 0 Å². The molecule has 0 heterocycles. The summed E-state index contributed by atoms with van der Waals surface area (Å²) in [5.41, 5.74) is 3.04. The average Bonchev–Trinajstić information content (AvgIpc) is 2.85. The lowest BCUT2D eigenvalue weighted by molar-refractivity contribution is -0.112. The third kappa shape index (κ3) is 6.08. The molecule has 3 aromatic rings. The number of methoxy groups -OCH3 is 3. The van der Waals surface area contributed by atoms with Crippen LogP contribution in [0.5, 0.6) is 23.0 Å². The molecule has 7 nitrogen and oxygen atoms in total. The number of carbonyl (C=O) groups is 1. The molecule has 0 spiro atoms. The fraction of sp³-hybridized carbons (Fsp3) is 0.185. The molecule has 174 valence electrons. The minimum absolute atomic E-state index is 0.0293. The van der Waals surface area contributed by atoms with Crippen molar-refractivity contribution in [3.63, 3.8) is 0 Å². The standard InChI is InChI=1S/C27H26N2O5/c1-18-6-5-7-22(12-18)29-27(30)20(16-28)13-19-8-10-25(26(14-19)33-4)34-17-21-15-23(31-2)9-11-24(21)32-3/h5-15H,17H2,1-4H3,(H,29,30)/b20-13+. The van der Waals surface area contributed by atoms with E-state index in [2.05, 4.69) is 5.32 Å². The number of nitrogens with zero attached hydrogens (tertiary/aromatic N) is 1. The SMILES string of the molecule is COc1ccc(OC)c(COc2ccc(/C=C(\C#N)C(=O)Nc3cccc(C)c3)cc2OC)c1. The van der Waals surface area contributed by atoms with E-state index >= 15 is 0 Å². The van der Waals surface area contributed by atoms with Gasteiger partial charge < -0.3 is 24.3 Å². The van der Waals surface area contributed by atoms with E-state index in [1.54, 1.807) is 38.5 Å². The number of ether oxygens (including phenoxy) is 4. The molecule has 0 aliphatic rings. The van der Waals surface area contributed by atoms with Crippen LogP contribution in [0.25, 0.3) is 6.08 Å². The predicted molar refractivity (Wildman–Crippen MR) is 130 cm³/mol. The van der Waals surface area contributed by atoms with Crippen LogP contribution < -0.4 is 24.3 Å². The van der Waals surface area contributed by atoms with Crippen LogP contribution in [0.4, 0.5) is 5.69 Å². The van der Waals surface area contributed by atoms with E-state index in [0.29, 0.717) is 34.2 Å². The second-order valence-corrected chi connectivity index (χ2v) is 7.37. The van der Waals surface area contributed by atoms with Crippen molar-refractivity contribution in [2.45, 2.75) is 13.5 Å². The van der Waals surface area contributed by atoms with Crippen molar-refractivity contribution in [1.82, 2.24) is 0 Å². The summed E-state index contributed by atoms with van der Waals surface area (Å²) in [6, 6.07) is 20.0. The Bertz CT molecular complexity index is 1240. The predicted octanol–water partition coefficient (Wildman–Crippen LogP) is 5.15. The summed E-state index contributed by atoms with van der Waals surface area (Å²) >= 11 is 0. The lowest BCUT2D eigenvalue weighted by Gasteiger charge is -2.14. The third-order valence-corrected chi connectivity index (χ3v) is 5.01. The van der Waals surface area contributed by atoms with Gasteiger partial charge in [-0.05, 0) is 66.6 Å². The number of rotatable bonds is 9. The van der Waals surface area contributed by atoms with E-state index in [-0.39, 0.29) is 12.2 Å². The van der Waals surface area contributed by atoms with Gasteiger partial charge in [0.05, 0.1) is 21.3 Å². The number of hydrogen-bond donors (Lipinski definition) is 1. The van der Waals surface area contributed by atoms with Gasteiger partial charge in [-0.1, -0.05) is 18.2 Å². The first-order valence-corrected chi connectivity index (χ1v) is 10.5. The van der Waals surface area contributed by atoms with Crippen LogP contribution in [0.15, 0.2) is 66.2 Å². The average molecular weight is 459 g/mol. The third-order valence-electron chi connectivity index (χ3n) is 5.01. The van der Waals surface area contributed by atoms with Crippen molar-refractivity contribution in [3.8, 4) is 29.1 Å². The fourth-order valence-electron chi connectivity index (χ4n) is 3.28. The smallest absolute Gasteiger partial charge is 0.266 e. The van der Waals surface area contributed by atoms with Gasteiger partial charge in [0.1, 0.15) is 29.7 Å². The number of nitriles is 1. The topological polar surface area (TPSA) is 89.8 Å². The zero-order chi connectivity index (χ0) is 24.5. The molecule has 0 aliphatic carbocycles. The van der Waals surface area contributed by atoms with Crippen LogP contribution in [0.3, 0.4) is 0 Å². The molecule has 1 amide bonds. The summed E-state index contributed by atoms with van der Waals surface area (Å²) in [6.07, 6.45) is 1.50. The highest BCUT2D eigenvalue weighted by molar-refractivity contribution is 6.09. The Morgan fingerprint density at radius 1 is 0.941 bits per heavy atom. The number of amides is 1. The Labute approximate surface area is 199 Å². The Morgan fingerprint density at radius 3 is 2.38 bits per heavy atom. The van der Waals surface area contributed by atoms with E-state index in [9.17, 15) is 10.1 Å². The molecular formula is C27H26N2O5. The monoisotopic (exact) mass is 458 g/mol. The zero-order valence-corrected chi connectivity index (χ0v) is 19.5. The highest BCUT2D eigenvalue weighted by Gasteiger charge is 2.13. The quantitative estimate of drug-likeness (QED) is 0.353. The molecule has 0 saturated carbocycles. The summed E-state index contributed by atoms with van der Waals surface area (Å²) < 4.78 is 22.1. The van der Waals surface area contributed by atoms with Gasteiger partial charge in [-0.25, -0.2) is 0 Å². The molecular weight excluding hydrogens is 432 g/mol. The Morgan fingerprint density at radius 2 is 1.71 bits per heavy atom. The van der Waals surface area contributed by atoms with E-state index < -0.39 is 5.91 Å². The Kier molecular flexibility index (Phi) is 8.14. The number of carbonyl (C=O) groups excluding carboxylic acids is 1. The molecule has 0 bridgehead atoms. The maximum Gasteiger partial charge on any atom is 0.266 e. The number of nitrogens with one attached hydrogen (secondary N) is 1. The number of anilines is 1. The minimum Gasteiger partial charge on any atom is -0.497 e. The van der Waals surface area contributed by atoms with Gasteiger partial charge in [0.25, 0.3) is 5.91 Å². The van der Waals surface area contributed by atoms with Crippen molar-refractivity contribution in [1.29, 1.82) is 5.26 Å². The first-order valence-electron chi connectivity index (χ1n) is 10.5. The maximum absolute atomic E-state index is 12.6. The van der Waals surface area contributed by atoms with Crippen LogP contribution in [0.2, 0.25) is 0 Å². The highest BCUT2D eigenvalue weighted by Crippen LogP contribution is 2.31. The molecule has 0 saturated heterocycles. The van der Waals surface area contributed by atoms with Gasteiger partial charge in [0.2, 0.25) is 0 Å². The van der Waals surface area contributed by atoms with Crippen molar-refractivity contribution in [2.24, 2.45) is 0 Å². The molecule has 7 heteroatoms. The molecule has 3 rings (SSSR count). The van der Waals surface area contributed by atoms with Crippen LogP contribution in [0, 0.1) is 18.3 Å². The molecule has 0 atom stereocenters. The second-order valence-electron chi connectivity index (χ2n) is 7.37. The van der Waals surface area contributed by atoms with E-state index in [0.717, 1.165) is 11.1 Å². The highest BCUT2D eigenvalue weighted by atomic mass is 16.5. The minimum atomic E-state index is -0.488. The fourth-order valence-corrected chi connectivity index (χ4v) is 3.28. The molecule has 3 aromatic carbocycles. The van der Waals surface area contributed by atoms with Gasteiger partial charge in [-0.15, -0.1) is 0 Å². The molecule has 0 radical (unpaired) electrons. The van der Waals surface area contributed by atoms with E-state index in [1.165, 1.54) is 13.2 Å². The van der Waals surface area contributed by atoms with Gasteiger partial charge in [-0.3, -0.25) is 4.79 Å². The summed E-state index contributed by atoms with van der Waals surface area (Å²) in [7, 11) is 4.71. The molecule has 0 aromatic heterocycles. The van der Waals surface area contributed by atoms with Gasteiger partial charge >= 0.3 is 0 Å². The molecule has 1 N–H and O–H groups in total. The molecule has 34 heavy (non-hydrogen) atoms. The van der Waals surface area contributed by atoms with E-state index in [4.69, 9.17) is 18.9 Å². The van der Waals surface area contributed by atoms with Gasteiger partial charge in [0, 0.05) is 11.3 Å². The molecule has 0 aliphatic heterocycles. The first kappa shape index (κ1) is 24.2. The van der Waals surface area contributed by atoms with Gasteiger partial charge in [-0.2, -0.15) is 5.26 Å². The Balaban J connectivity index is 1.78. The summed E-state index contributed by atoms with van der Waals surface area (Å²) in [5, 5.41) is 12.3. The van der Waals surface area contributed by atoms with Crippen molar-refractivity contribution in [2.75, 3.05) is 26.6 Å². The van der Waals surface area contributed by atoms with Crippen molar-refractivity contribution < 1.29 is 23.7 Å². The van der Waals surface area contributed by atoms with Gasteiger partial charge in [0.15, 0.2) is 11.5 Å². The summed E-state index contributed by atoms with van der Waals surface area (Å²) in [4.78, 5) is 12.6. The van der Waals surface area contributed by atoms with Crippen LogP contribution in [-0.4, -0.2) is 27.2 Å². The van der Waals surface area contributed by atoms with Crippen molar-refractivity contribution in [3.05, 3.63) is 82.9 Å². The Hall–Kier alpha value is -4.44. The lowest BCUT2D eigenvalue weighted by Crippen LogP contribution is -2.13. The number of benzene rings is 3. The largest absolute Gasteiger partial charge is 0.497 e. The normalized spacial score (nSPS) is 10.7. The lowest BCUT2D eigenvalue weighted by atomic mass is 10.1. The van der Waals surface area contributed by atoms with Crippen molar-refractivity contribution >= 4 is 17.7 Å². The van der Waals surface area contributed by atoms with Crippen LogP contribution in [0.1, 0.15) is 16.7 Å². The van der Waals surface area contributed by atoms with E-state index in [1.807, 2.05) is 49.4 Å². The second kappa shape index (κ2) is 11.4. The molecule has 0 unspecified atom stereocenters. The molecule has 0 fully saturated rings. The summed E-state index contributed by atoms with van der Waals surface area (Å²) in [6.45, 7) is 2.16. The number of hydrogen-bond acceptors (Lipinski definition) is 6. The van der Waals surface area contributed by atoms with Crippen LogP contribution in [-0.2, 0) is 11.4 Å².